The summed E-state index contributed by atoms with van der Waals surface area (Å²) in [5.74, 6) is -3.23. The molecule has 0 amide bonds. The van der Waals surface area contributed by atoms with Crippen molar-refractivity contribution in [3.63, 3.8) is 0 Å². The standard InChI is InChI=1S/C5H7F4N/c6-4(7)3-5(8,9)1-2-10-3/h3-4,10H,1-2H2. The zero-order valence-corrected chi connectivity index (χ0v) is 5.08. The summed E-state index contributed by atoms with van der Waals surface area (Å²) in [6.45, 7) is -0.0258. The first kappa shape index (κ1) is 7.78. The molecule has 10 heavy (non-hydrogen) atoms. The Morgan fingerprint density at radius 1 is 1.40 bits per heavy atom. The molecule has 0 spiro atoms. The molecule has 1 aliphatic rings. The van der Waals surface area contributed by atoms with Gasteiger partial charge in [0, 0.05) is 13.0 Å². The van der Waals surface area contributed by atoms with Crippen LogP contribution >= 0.6 is 0 Å². The van der Waals surface area contributed by atoms with E-state index in [0.29, 0.717) is 0 Å². The third-order valence-corrected chi connectivity index (χ3v) is 1.53. The number of hydrogen-bond acceptors (Lipinski definition) is 1. The van der Waals surface area contributed by atoms with Gasteiger partial charge in [-0.05, 0) is 0 Å². The Kier molecular flexibility index (Phi) is 1.85. The summed E-state index contributed by atoms with van der Waals surface area (Å²) in [7, 11) is 0. The van der Waals surface area contributed by atoms with E-state index >= 15 is 0 Å². The van der Waals surface area contributed by atoms with E-state index in [-0.39, 0.29) is 6.54 Å². The lowest BCUT2D eigenvalue weighted by atomic mass is 10.2. The first-order valence-electron chi connectivity index (χ1n) is 2.93. The molecule has 1 saturated heterocycles. The van der Waals surface area contributed by atoms with Gasteiger partial charge in [0.25, 0.3) is 12.3 Å². The minimum atomic E-state index is -3.23. The highest BCUT2D eigenvalue weighted by Gasteiger charge is 2.48. The van der Waals surface area contributed by atoms with Gasteiger partial charge in [-0.2, -0.15) is 0 Å². The summed E-state index contributed by atoms with van der Waals surface area (Å²) in [6, 6.07) is -1.94. The summed E-state index contributed by atoms with van der Waals surface area (Å²) in [5, 5.41) is 2.05. The van der Waals surface area contributed by atoms with Crippen LogP contribution in [0.1, 0.15) is 6.42 Å². The van der Waals surface area contributed by atoms with E-state index < -0.39 is 24.8 Å². The molecule has 0 bridgehead atoms. The Hall–Kier alpha value is -0.320. The van der Waals surface area contributed by atoms with Crippen LogP contribution in [-0.4, -0.2) is 24.9 Å². The molecular weight excluding hydrogens is 150 g/mol. The maximum Gasteiger partial charge on any atom is 0.269 e. The highest BCUT2D eigenvalue weighted by Crippen LogP contribution is 2.30. The zero-order valence-electron chi connectivity index (χ0n) is 5.08. The molecule has 60 valence electrons. The van der Waals surface area contributed by atoms with Gasteiger partial charge in [0.1, 0.15) is 6.04 Å². The lowest BCUT2D eigenvalue weighted by Crippen LogP contribution is -2.41. The fourth-order valence-electron chi connectivity index (χ4n) is 0.973. The quantitative estimate of drug-likeness (QED) is 0.565. The third kappa shape index (κ3) is 1.23. The number of rotatable bonds is 1. The van der Waals surface area contributed by atoms with Crippen LogP contribution in [0.5, 0.6) is 0 Å². The zero-order chi connectivity index (χ0) is 7.78. The van der Waals surface area contributed by atoms with Crippen LogP contribution < -0.4 is 5.32 Å². The molecule has 1 rings (SSSR count). The number of alkyl halides is 4. The van der Waals surface area contributed by atoms with Crippen LogP contribution in [0, 0.1) is 0 Å². The molecule has 0 aromatic rings. The minimum absolute atomic E-state index is 0.0258. The van der Waals surface area contributed by atoms with Gasteiger partial charge >= 0.3 is 0 Å². The van der Waals surface area contributed by atoms with E-state index in [1.54, 1.807) is 0 Å². The van der Waals surface area contributed by atoms with Crippen LogP contribution in [0.2, 0.25) is 0 Å². The molecule has 1 nitrogen and oxygen atoms in total. The Balaban J connectivity index is 2.59. The van der Waals surface area contributed by atoms with Gasteiger partial charge in [-0.15, -0.1) is 0 Å². The molecule has 0 aliphatic carbocycles. The van der Waals surface area contributed by atoms with Crippen molar-refractivity contribution in [2.24, 2.45) is 0 Å². The lowest BCUT2D eigenvalue weighted by Gasteiger charge is -2.16. The monoisotopic (exact) mass is 157 g/mol. The normalized spacial score (nSPS) is 31.5. The SMILES string of the molecule is FC(F)C1NCCC1(F)F. The average Bonchev–Trinajstić information content (AvgIpc) is 2.08. The van der Waals surface area contributed by atoms with Crippen molar-refractivity contribution in [3.8, 4) is 0 Å². The van der Waals surface area contributed by atoms with Crippen LogP contribution in [0.25, 0.3) is 0 Å². The molecule has 1 atom stereocenters. The summed E-state index contributed by atoms with van der Waals surface area (Å²) < 4.78 is 48.0. The highest BCUT2D eigenvalue weighted by molar-refractivity contribution is 4.91. The summed E-state index contributed by atoms with van der Waals surface area (Å²) in [4.78, 5) is 0. The van der Waals surface area contributed by atoms with Crippen LogP contribution in [0.3, 0.4) is 0 Å². The molecular formula is C5H7F4N. The van der Waals surface area contributed by atoms with Gasteiger partial charge in [-0.1, -0.05) is 0 Å². The Bertz CT molecular complexity index is 125. The maximum absolute atomic E-state index is 12.3. The summed E-state index contributed by atoms with van der Waals surface area (Å²) >= 11 is 0. The fraction of sp³-hybridized carbons (Fsp3) is 1.00. The second-order valence-corrected chi connectivity index (χ2v) is 2.28. The molecule has 0 radical (unpaired) electrons. The van der Waals surface area contributed by atoms with E-state index in [2.05, 4.69) is 0 Å². The first-order chi connectivity index (χ1) is 4.54. The number of hydrogen-bond donors (Lipinski definition) is 1. The summed E-state index contributed by atoms with van der Waals surface area (Å²) in [5.41, 5.74) is 0. The fourth-order valence-corrected chi connectivity index (χ4v) is 0.973. The van der Waals surface area contributed by atoms with Crippen molar-refractivity contribution in [3.05, 3.63) is 0 Å². The van der Waals surface area contributed by atoms with Gasteiger partial charge in [0.2, 0.25) is 0 Å². The van der Waals surface area contributed by atoms with E-state index in [0.717, 1.165) is 0 Å². The smallest absolute Gasteiger partial charge is 0.269 e. The molecule has 5 heteroatoms. The van der Waals surface area contributed by atoms with E-state index in [4.69, 9.17) is 0 Å². The molecule has 1 fully saturated rings. The predicted octanol–water partition coefficient (Wildman–Crippen LogP) is 1.25. The van der Waals surface area contributed by atoms with Gasteiger partial charge in [-0.3, -0.25) is 0 Å². The molecule has 1 N–H and O–H groups in total. The van der Waals surface area contributed by atoms with Gasteiger partial charge in [0.05, 0.1) is 0 Å². The number of halogens is 4. The van der Waals surface area contributed by atoms with Crippen molar-refractivity contribution in [1.29, 1.82) is 0 Å². The Labute approximate surface area is 55.4 Å². The van der Waals surface area contributed by atoms with Gasteiger partial charge < -0.3 is 5.32 Å². The first-order valence-corrected chi connectivity index (χ1v) is 2.93. The lowest BCUT2D eigenvalue weighted by molar-refractivity contribution is -0.0631. The van der Waals surface area contributed by atoms with E-state index in [1.165, 1.54) is 0 Å². The van der Waals surface area contributed by atoms with Crippen molar-refractivity contribution in [1.82, 2.24) is 5.32 Å². The van der Waals surface area contributed by atoms with E-state index in [1.807, 2.05) is 5.32 Å². The summed E-state index contributed by atoms with van der Waals surface area (Å²) in [6.07, 6.45) is -3.46. The third-order valence-electron chi connectivity index (χ3n) is 1.53. The van der Waals surface area contributed by atoms with E-state index in [9.17, 15) is 17.6 Å². The predicted molar refractivity (Wildman–Crippen MR) is 27.4 cm³/mol. The van der Waals surface area contributed by atoms with Crippen LogP contribution in [0.4, 0.5) is 17.6 Å². The van der Waals surface area contributed by atoms with Crippen LogP contribution in [0.15, 0.2) is 0 Å². The Morgan fingerprint density at radius 2 is 2.00 bits per heavy atom. The van der Waals surface area contributed by atoms with Gasteiger partial charge in [-0.25, -0.2) is 17.6 Å². The van der Waals surface area contributed by atoms with Crippen molar-refractivity contribution < 1.29 is 17.6 Å². The largest absolute Gasteiger partial charge is 0.304 e. The molecule has 0 aromatic heterocycles. The van der Waals surface area contributed by atoms with Crippen molar-refractivity contribution in [2.75, 3.05) is 6.54 Å². The van der Waals surface area contributed by atoms with Crippen molar-refractivity contribution in [2.45, 2.75) is 24.8 Å². The molecule has 0 saturated carbocycles. The van der Waals surface area contributed by atoms with Crippen molar-refractivity contribution >= 4 is 0 Å². The molecule has 1 unspecified atom stereocenters. The molecule has 0 aromatic carbocycles. The highest BCUT2D eigenvalue weighted by atomic mass is 19.3. The van der Waals surface area contributed by atoms with Crippen LogP contribution in [-0.2, 0) is 0 Å². The molecule has 1 heterocycles. The second-order valence-electron chi connectivity index (χ2n) is 2.28. The molecule has 1 aliphatic heterocycles. The minimum Gasteiger partial charge on any atom is -0.304 e. The second kappa shape index (κ2) is 2.38. The Morgan fingerprint density at radius 3 is 2.20 bits per heavy atom. The topological polar surface area (TPSA) is 12.0 Å². The maximum atomic E-state index is 12.3. The van der Waals surface area contributed by atoms with Gasteiger partial charge in [0.15, 0.2) is 0 Å². The number of nitrogens with one attached hydrogen (secondary N) is 1. The average molecular weight is 157 g/mol.